The van der Waals surface area contributed by atoms with Crippen molar-refractivity contribution in [3.8, 4) is 11.5 Å². The first-order valence-electron chi connectivity index (χ1n) is 9.72. The van der Waals surface area contributed by atoms with Crippen molar-refractivity contribution in [1.29, 1.82) is 0 Å². The summed E-state index contributed by atoms with van der Waals surface area (Å²) in [5, 5.41) is 3.24. The van der Waals surface area contributed by atoms with E-state index >= 15 is 0 Å². The molecule has 0 atom stereocenters. The van der Waals surface area contributed by atoms with E-state index in [0.717, 1.165) is 12.1 Å². The van der Waals surface area contributed by atoms with Crippen molar-refractivity contribution in [3.63, 3.8) is 0 Å². The molecule has 0 saturated heterocycles. The molecular formula is C22H19F3N2O6. The van der Waals surface area contributed by atoms with Crippen molar-refractivity contribution < 1.29 is 37.0 Å². The van der Waals surface area contributed by atoms with Crippen molar-refractivity contribution in [1.82, 2.24) is 4.57 Å². The largest absolute Gasteiger partial charge is 0.573 e. The van der Waals surface area contributed by atoms with Crippen LogP contribution in [0.4, 0.5) is 18.9 Å². The van der Waals surface area contributed by atoms with Crippen LogP contribution in [0.3, 0.4) is 0 Å². The van der Waals surface area contributed by atoms with Gasteiger partial charge in [0.05, 0.1) is 12.0 Å². The van der Waals surface area contributed by atoms with E-state index in [1.807, 2.05) is 0 Å². The van der Waals surface area contributed by atoms with Gasteiger partial charge in [-0.15, -0.1) is 13.2 Å². The quantitative estimate of drug-likeness (QED) is 0.513. The van der Waals surface area contributed by atoms with E-state index in [-0.39, 0.29) is 30.8 Å². The average molecular weight is 464 g/mol. The second-order valence-electron chi connectivity index (χ2n) is 6.68. The number of rotatable bonds is 8. The van der Waals surface area contributed by atoms with Crippen LogP contribution in [-0.2, 0) is 20.9 Å². The van der Waals surface area contributed by atoms with Gasteiger partial charge in [0.15, 0.2) is 6.61 Å². The number of halogens is 3. The van der Waals surface area contributed by atoms with Gasteiger partial charge in [-0.3, -0.25) is 9.59 Å². The topological polar surface area (TPSA) is 95.9 Å². The Morgan fingerprint density at radius 3 is 2.42 bits per heavy atom. The Morgan fingerprint density at radius 2 is 1.76 bits per heavy atom. The maximum Gasteiger partial charge on any atom is 0.573 e. The van der Waals surface area contributed by atoms with Crippen molar-refractivity contribution in [2.45, 2.75) is 19.8 Å². The van der Waals surface area contributed by atoms with Crippen LogP contribution in [0.2, 0.25) is 0 Å². The van der Waals surface area contributed by atoms with Crippen molar-refractivity contribution in [2.24, 2.45) is 0 Å². The van der Waals surface area contributed by atoms with Gasteiger partial charge in [-0.2, -0.15) is 0 Å². The number of hydrogen-bond acceptors (Lipinski definition) is 6. The fourth-order valence-corrected chi connectivity index (χ4v) is 2.97. The number of carbonyl (C=O) groups is 2. The third kappa shape index (κ3) is 6.48. The van der Waals surface area contributed by atoms with E-state index in [2.05, 4.69) is 10.1 Å². The molecule has 1 heterocycles. The van der Waals surface area contributed by atoms with Gasteiger partial charge in [0.25, 0.3) is 5.56 Å². The van der Waals surface area contributed by atoms with Gasteiger partial charge >= 0.3 is 12.3 Å². The van der Waals surface area contributed by atoms with E-state index in [1.165, 1.54) is 22.9 Å². The number of nitrogens with one attached hydrogen (secondary N) is 1. The number of nitrogens with zero attached hydrogens (tertiary/aromatic N) is 1. The van der Waals surface area contributed by atoms with Crippen LogP contribution in [-0.4, -0.2) is 36.0 Å². The number of carbonyl (C=O) groups excluding carboxylic acids is 2. The molecule has 174 valence electrons. The summed E-state index contributed by atoms with van der Waals surface area (Å²) in [5.74, 6) is -1.21. The molecule has 1 amide bonds. The van der Waals surface area contributed by atoms with Crippen molar-refractivity contribution in [3.05, 3.63) is 65.1 Å². The van der Waals surface area contributed by atoms with Gasteiger partial charge in [0.1, 0.15) is 18.0 Å². The molecule has 0 radical (unpaired) electrons. The molecule has 33 heavy (non-hydrogen) atoms. The minimum absolute atomic E-state index is 0.218. The normalized spacial score (nSPS) is 11.2. The van der Waals surface area contributed by atoms with Gasteiger partial charge in [0.2, 0.25) is 5.91 Å². The molecule has 3 rings (SSSR count). The number of esters is 1. The fraction of sp³-hybridized carbons (Fsp3) is 0.227. The fourth-order valence-electron chi connectivity index (χ4n) is 2.97. The Morgan fingerprint density at radius 1 is 1.03 bits per heavy atom. The molecule has 0 fully saturated rings. The van der Waals surface area contributed by atoms with Gasteiger partial charge in [-0.1, -0.05) is 6.07 Å². The smallest absolute Gasteiger partial charge is 0.481 e. The predicted molar refractivity (Wildman–Crippen MR) is 112 cm³/mol. The number of hydrogen-bond donors (Lipinski definition) is 1. The third-order valence-corrected chi connectivity index (χ3v) is 4.31. The maximum atomic E-state index is 12.8. The summed E-state index contributed by atoms with van der Waals surface area (Å²) in [6, 6.07) is 10.9. The molecule has 0 spiro atoms. The van der Waals surface area contributed by atoms with Crippen LogP contribution in [0.1, 0.15) is 6.92 Å². The molecule has 0 aliphatic heterocycles. The maximum absolute atomic E-state index is 12.8. The first kappa shape index (κ1) is 23.6. The minimum Gasteiger partial charge on any atom is -0.481 e. The summed E-state index contributed by atoms with van der Waals surface area (Å²) in [6.45, 7) is 1.25. The van der Waals surface area contributed by atoms with Crippen molar-refractivity contribution >= 4 is 28.3 Å². The highest BCUT2D eigenvalue weighted by Gasteiger charge is 2.31. The van der Waals surface area contributed by atoms with Crippen LogP contribution < -0.4 is 20.3 Å². The summed E-state index contributed by atoms with van der Waals surface area (Å²) in [4.78, 5) is 36.6. The molecule has 2 aromatic carbocycles. The van der Waals surface area contributed by atoms with Gasteiger partial charge in [0, 0.05) is 17.3 Å². The first-order chi connectivity index (χ1) is 15.7. The summed E-state index contributed by atoms with van der Waals surface area (Å²) in [6.07, 6.45) is -3.41. The van der Waals surface area contributed by atoms with Gasteiger partial charge in [-0.25, -0.2) is 4.79 Å². The Hall–Kier alpha value is -4.02. The molecule has 3 aromatic rings. The number of amides is 1. The zero-order chi connectivity index (χ0) is 24.0. The SMILES string of the molecule is CCOC(=O)COc1cccc2c(=O)n(CC(=O)Nc3ccc(OC(F)(F)F)cc3)ccc12. The number of pyridine rings is 1. The van der Waals surface area contributed by atoms with Crippen LogP contribution in [0.5, 0.6) is 11.5 Å². The summed E-state index contributed by atoms with van der Waals surface area (Å²) in [7, 11) is 0. The molecule has 1 aromatic heterocycles. The molecule has 0 saturated carbocycles. The Bertz CT molecular complexity index is 1210. The predicted octanol–water partition coefficient (Wildman–Crippen LogP) is 3.48. The lowest BCUT2D eigenvalue weighted by Gasteiger charge is -2.12. The average Bonchev–Trinajstić information content (AvgIpc) is 2.75. The number of ether oxygens (including phenoxy) is 3. The highest BCUT2D eigenvalue weighted by Crippen LogP contribution is 2.25. The molecule has 0 unspecified atom stereocenters. The first-order valence-corrected chi connectivity index (χ1v) is 9.72. The number of benzene rings is 2. The number of anilines is 1. The van der Waals surface area contributed by atoms with Gasteiger partial charge in [-0.05, 0) is 49.4 Å². The second-order valence-corrected chi connectivity index (χ2v) is 6.68. The lowest BCUT2D eigenvalue weighted by atomic mass is 10.1. The van der Waals surface area contributed by atoms with E-state index in [4.69, 9.17) is 9.47 Å². The molecule has 0 aliphatic rings. The summed E-state index contributed by atoms with van der Waals surface area (Å²) >= 11 is 0. The molecule has 11 heteroatoms. The molecular weight excluding hydrogens is 445 g/mol. The lowest BCUT2D eigenvalue weighted by Crippen LogP contribution is -2.27. The summed E-state index contributed by atoms with van der Waals surface area (Å²) in [5.41, 5.74) is -0.226. The zero-order valence-electron chi connectivity index (χ0n) is 17.3. The molecule has 1 N–H and O–H groups in total. The van der Waals surface area contributed by atoms with Crippen LogP contribution in [0.15, 0.2) is 59.5 Å². The second kappa shape index (κ2) is 10.1. The van der Waals surface area contributed by atoms with Crippen molar-refractivity contribution in [2.75, 3.05) is 18.5 Å². The number of aromatic nitrogens is 1. The Kier molecular flexibility index (Phi) is 7.21. The van der Waals surface area contributed by atoms with E-state index in [9.17, 15) is 27.6 Å². The standard InChI is InChI=1S/C22H19F3N2O6/c1-2-31-20(29)13-32-18-5-3-4-17-16(18)10-11-27(21(17)30)12-19(28)26-14-6-8-15(9-7-14)33-22(23,24)25/h3-11H,2,12-13H2,1H3,(H,26,28). The molecule has 8 nitrogen and oxygen atoms in total. The lowest BCUT2D eigenvalue weighted by molar-refractivity contribution is -0.274. The van der Waals surface area contributed by atoms with Crippen LogP contribution in [0, 0.1) is 0 Å². The number of fused-ring (bicyclic) bond motifs is 1. The highest BCUT2D eigenvalue weighted by molar-refractivity contribution is 5.91. The van der Waals surface area contributed by atoms with E-state index < -0.39 is 29.5 Å². The third-order valence-electron chi connectivity index (χ3n) is 4.31. The summed E-state index contributed by atoms with van der Waals surface area (Å²) < 4.78 is 51.9. The monoisotopic (exact) mass is 464 g/mol. The Balaban J connectivity index is 1.70. The molecule has 0 bridgehead atoms. The van der Waals surface area contributed by atoms with E-state index in [0.29, 0.717) is 11.1 Å². The number of alkyl halides is 3. The molecule has 0 aliphatic carbocycles. The minimum atomic E-state index is -4.81. The Labute approximate surface area is 185 Å². The zero-order valence-corrected chi connectivity index (χ0v) is 17.3. The van der Waals surface area contributed by atoms with Gasteiger partial charge < -0.3 is 24.1 Å². The highest BCUT2D eigenvalue weighted by atomic mass is 19.4. The van der Waals surface area contributed by atoms with Crippen LogP contribution in [0.25, 0.3) is 10.8 Å². The van der Waals surface area contributed by atoms with E-state index in [1.54, 1.807) is 31.2 Å². The van der Waals surface area contributed by atoms with Crippen LogP contribution >= 0.6 is 0 Å².